The number of hydrogen-bond acceptors (Lipinski definition) is 6. The van der Waals surface area contributed by atoms with E-state index in [1.54, 1.807) is 25.5 Å². The third-order valence-electron chi connectivity index (χ3n) is 3.81. The Morgan fingerprint density at radius 2 is 1.93 bits per heavy atom. The molecule has 0 bridgehead atoms. The monoisotopic (exact) mass is 375 g/mol. The van der Waals surface area contributed by atoms with E-state index in [0.717, 1.165) is 5.56 Å². The van der Waals surface area contributed by atoms with Gasteiger partial charge >= 0.3 is 6.36 Å². The molecular weight excluding hydrogens is 363 g/mol. The number of halogens is 3. The Kier molecular flexibility index (Phi) is 3.90. The quantitative estimate of drug-likeness (QED) is 0.569. The second-order valence-corrected chi connectivity index (χ2v) is 5.46. The van der Waals surface area contributed by atoms with Gasteiger partial charge in [0.25, 0.3) is 0 Å². The van der Waals surface area contributed by atoms with Crippen LogP contribution in [0.3, 0.4) is 0 Å². The van der Waals surface area contributed by atoms with Crippen LogP contribution in [0.15, 0.2) is 42.7 Å². The molecule has 0 amide bonds. The molecule has 1 aromatic carbocycles. The number of hydrogen-bond donors (Lipinski definition) is 2. The van der Waals surface area contributed by atoms with Crippen molar-refractivity contribution in [3.05, 3.63) is 42.7 Å². The minimum Gasteiger partial charge on any atom is -0.406 e. The molecule has 0 aliphatic carbocycles. The highest BCUT2D eigenvalue weighted by molar-refractivity contribution is 6.00. The summed E-state index contributed by atoms with van der Waals surface area (Å²) in [4.78, 5) is 4.37. The van der Waals surface area contributed by atoms with Crippen molar-refractivity contribution in [3.63, 3.8) is 0 Å². The van der Waals surface area contributed by atoms with Crippen LogP contribution >= 0.6 is 0 Å². The highest BCUT2D eigenvalue weighted by Crippen LogP contribution is 2.33. The number of benzene rings is 1. The first-order chi connectivity index (χ1) is 13.0. The number of rotatable bonds is 4. The number of pyridine rings is 1. The van der Waals surface area contributed by atoms with Crippen LogP contribution in [0.1, 0.15) is 0 Å². The fraction of sp³-hybridized carbons (Fsp3) is 0.125. The van der Waals surface area contributed by atoms with Crippen LogP contribution in [0.5, 0.6) is 5.75 Å². The fourth-order valence-corrected chi connectivity index (χ4v) is 2.73. The number of fused-ring (bicyclic) bond motifs is 1. The summed E-state index contributed by atoms with van der Waals surface area (Å²) in [5.74, 6) is 0.236. The van der Waals surface area contributed by atoms with Crippen LogP contribution in [-0.2, 0) is 0 Å². The molecule has 3 aromatic heterocycles. The van der Waals surface area contributed by atoms with E-state index in [4.69, 9.17) is 0 Å². The third-order valence-corrected chi connectivity index (χ3v) is 3.81. The summed E-state index contributed by atoms with van der Waals surface area (Å²) in [5, 5.41) is 18.7. The van der Waals surface area contributed by atoms with Crippen LogP contribution < -0.4 is 10.1 Å². The molecule has 0 saturated carbocycles. The van der Waals surface area contributed by atoms with Crippen molar-refractivity contribution in [1.82, 2.24) is 30.2 Å². The van der Waals surface area contributed by atoms with E-state index < -0.39 is 6.36 Å². The van der Waals surface area contributed by atoms with Crippen molar-refractivity contribution in [1.29, 1.82) is 0 Å². The maximum Gasteiger partial charge on any atom is 0.573 e. The number of alkyl halides is 3. The van der Waals surface area contributed by atoms with Gasteiger partial charge in [-0.15, -0.1) is 18.3 Å². The molecule has 0 saturated heterocycles. The molecule has 0 aliphatic rings. The lowest BCUT2D eigenvalue weighted by molar-refractivity contribution is -0.274. The summed E-state index contributed by atoms with van der Waals surface area (Å²) in [7, 11) is 1.71. The normalized spacial score (nSPS) is 11.7. The number of H-pyrrole nitrogens is 1. The Morgan fingerprint density at radius 1 is 1.15 bits per heavy atom. The molecule has 0 unspecified atom stereocenters. The highest BCUT2D eigenvalue weighted by Gasteiger charge is 2.31. The van der Waals surface area contributed by atoms with Crippen molar-refractivity contribution in [2.45, 2.75) is 6.36 Å². The molecule has 8 nitrogen and oxygen atoms in total. The molecule has 0 fully saturated rings. The largest absolute Gasteiger partial charge is 0.573 e. The van der Waals surface area contributed by atoms with Crippen molar-refractivity contribution in [2.24, 2.45) is 0 Å². The smallest absolute Gasteiger partial charge is 0.406 e. The number of aromatic nitrogens is 6. The van der Waals surface area contributed by atoms with E-state index in [9.17, 15) is 13.2 Å². The Hall–Kier alpha value is -3.63. The number of nitrogens with zero attached hydrogens (tertiary/aromatic N) is 5. The van der Waals surface area contributed by atoms with Crippen molar-refractivity contribution in [2.75, 3.05) is 12.4 Å². The molecule has 0 atom stereocenters. The topological polar surface area (TPSA) is 93.5 Å². The molecule has 27 heavy (non-hydrogen) atoms. The van der Waals surface area contributed by atoms with Gasteiger partial charge in [-0.2, -0.15) is 15.4 Å². The van der Waals surface area contributed by atoms with Crippen molar-refractivity contribution >= 4 is 16.9 Å². The van der Waals surface area contributed by atoms with Gasteiger partial charge in [-0.05, 0) is 30.3 Å². The summed E-state index contributed by atoms with van der Waals surface area (Å²) < 4.78 is 42.4. The predicted octanol–water partition coefficient (Wildman–Crippen LogP) is 3.15. The van der Waals surface area contributed by atoms with Crippen molar-refractivity contribution in [3.8, 4) is 22.7 Å². The lowest BCUT2D eigenvalue weighted by Gasteiger charge is -2.09. The molecule has 4 aromatic rings. The van der Waals surface area contributed by atoms with E-state index in [-0.39, 0.29) is 5.75 Å². The maximum absolute atomic E-state index is 12.3. The first-order valence-corrected chi connectivity index (χ1v) is 7.74. The summed E-state index contributed by atoms with van der Waals surface area (Å²) in [6.45, 7) is 0. The average molecular weight is 375 g/mol. The minimum atomic E-state index is -4.74. The fourth-order valence-electron chi connectivity index (χ4n) is 2.73. The average Bonchev–Trinajstić information content (AvgIpc) is 3.29. The van der Waals surface area contributed by atoms with Gasteiger partial charge in [-0.1, -0.05) is 0 Å². The lowest BCUT2D eigenvalue weighted by atomic mass is 10.1. The van der Waals surface area contributed by atoms with Crippen LogP contribution in [0.4, 0.5) is 19.0 Å². The zero-order chi connectivity index (χ0) is 19.0. The molecule has 0 spiro atoms. The zero-order valence-electron chi connectivity index (χ0n) is 13.8. The second kappa shape index (κ2) is 6.27. The highest BCUT2D eigenvalue weighted by atomic mass is 19.4. The van der Waals surface area contributed by atoms with Gasteiger partial charge < -0.3 is 10.1 Å². The molecular formula is C16H12F3N7O. The maximum atomic E-state index is 12.3. The second-order valence-electron chi connectivity index (χ2n) is 5.46. The van der Waals surface area contributed by atoms with E-state index >= 15 is 0 Å². The number of aromatic amines is 1. The van der Waals surface area contributed by atoms with Crippen molar-refractivity contribution < 1.29 is 17.9 Å². The molecule has 2 N–H and O–H groups in total. The Balaban J connectivity index is 1.82. The third kappa shape index (κ3) is 3.14. The first kappa shape index (κ1) is 16.8. The Bertz CT molecular complexity index is 1070. The van der Waals surface area contributed by atoms with Crippen LogP contribution in [0, 0.1) is 0 Å². The van der Waals surface area contributed by atoms with Gasteiger partial charge in [0.15, 0.2) is 11.5 Å². The van der Waals surface area contributed by atoms with Crippen LogP contribution in [0.25, 0.3) is 28.0 Å². The van der Waals surface area contributed by atoms with Gasteiger partial charge in [0, 0.05) is 18.8 Å². The van der Waals surface area contributed by atoms with Crippen LogP contribution in [-0.4, -0.2) is 43.6 Å². The van der Waals surface area contributed by atoms with Gasteiger partial charge in [-0.25, -0.2) is 9.67 Å². The molecule has 0 radical (unpaired) electrons. The lowest BCUT2D eigenvalue weighted by Crippen LogP contribution is -2.17. The van der Waals surface area contributed by atoms with E-state index in [0.29, 0.717) is 28.2 Å². The predicted molar refractivity (Wildman–Crippen MR) is 90.5 cm³/mol. The summed E-state index contributed by atoms with van der Waals surface area (Å²) in [6, 6.07) is 7.16. The Morgan fingerprint density at radius 3 is 2.56 bits per heavy atom. The zero-order valence-corrected chi connectivity index (χ0v) is 13.8. The van der Waals surface area contributed by atoms with E-state index in [2.05, 4.69) is 35.5 Å². The van der Waals surface area contributed by atoms with E-state index in [1.807, 2.05) is 0 Å². The molecule has 138 valence electrons. The van der Waals surface area contributed by atoms with Crippen LogP contribution in [0.2, 0.25) is 0 Å². The minimum absolute atomic E-state index is 0.312. The standard InChI is InChI=1S/C16H12F3N7O/c1-20-14-13-11(12-8-22-25-23-12)6-7-21-15(13)26(24-14)9-2-4-10(5-3-9)27-16(17,18)19/h2-8H,1H3,(H,20,24)(H,22,23,25). The Labute approximate surface area is 150 Å². The summed E-state index contributed by atoms with van der Waals surface area (Å²) >= 11 is 0. The molecule has 4 rings (SSSR count). The van der Waals surface area contributed by atoms with Gasteiger partial charge in [0.05, 0.1) is 17.3 Å². The molecule has 0 aliphatic heterocycles. The van der Waals surface area contributed by atoms with Gasteiger partial charge in [0.1, 0.15) is 11.4 Å². The van der Waals surface area contributed by atoms with E-state index in [1.165, 1.54) is 28.9 Å². The SMILES string of the molecule is CNc1nn(-c2ccc(OC(F)(F)F)cc2)c2nccc(-c3cn[nH]n3)c12. The number of nitrogens with one attached hydrogen (secondary N) is 2. The summed E-state index contributed by atoms with van der Waals surface area (Å²) in [5.41, 5.74) is 2.43. The molecule has 11 heteroatoms. The summed E-state index contributed by atoms with van der Waals surface area (Å²) in [6.07, 6.45) is -1.56. The first-order valence-electron chi connectivity index (χ1n) is 7.74. The number of anilines is 1. The molecule has 3 heterocycles. The van der Waals surface area contributed by atoms with Gasteiger partial charge in [0.2, 0.25) is 0 Å². The number of ether oxygens (including phenoxy) is 1. The van der Waals surface area contributed by atoms with Gasteiger partial charge in [-0.3, -0.25) is 0 Å².